The van der Waals surface area contributed by atoms with Crippen molar-refractivity contribution >= 4 is 15.7 Å². The average molecular weight is 296 g/mol. The fraction of sp³-hybridized carbons (Fsp3) is 0.692. The average Bonchev–Trinajstić information content (AvgIpc) is 3.19. The zero-order chi connectivity index (χ0) is 14.2. The van der Waals surface area contributed by atoms with Crippen molar-refractivity contribution in [1.29, 1.82) is 0 Å². The number of nitrogens with zero attached hydrogens (tertiary/aromatic N) is 3. The molecule has 0 spiro atoms. The Labute approximate surface area is 119 Å². The van der Waals surface area contributed by atoms with Gasteiger partial charge in [0.2, 0.25) is 0 Å². The lowest BCUT2D eigenvalue weighted by Crippen LogP contribution is -2.33. The van der Waals surface area contributed by atoms with E-state index in [1.807, 2.05) is 11.9 Å². The van der Waals surface area contributed by atoms with Crippen LogP contribution in [0.25, 0.3) is 0 Å². The molecule has 3 rings (SSSR count). The Morgan fingerprint density at radius 2 is 2.10 bits per heavy atom. The molecule has 0 radical (unpaired) electrons. The van der Waals surface area contributed by atoms with Crippen LogP contribution in [-0.2, 0) is 16.4 Å². The maximum atomic E-state index is 11.5. The lowest BCUT2D eigenvalue weighted by atomic mass is 10.2. The summed E-state index contributed by atoms with van der Waals surface area (Å²) in [6.45, 7) is 0.749. The standard InChI is InChI=1S/C13H20N4O2S/c1-17(12-4-5-20(18,19)9-12)13-8-15-11(7-16-13)6-14-10-2-3-10/h7-8,10,12,14H,2-6,9H2,1H3. The molecule has 110 valence electrons. The van der Waals surface area contributed by atoms with Crippen LogP contribution in [0, 0.1) is 0 Å². The van der Waals surface area contributed by atoms with Crippen molar-refractivity contribution in [2.45, 2.75) is 37.9 Å². The number of hydrogen-bond donors (Lipinski definition) is 1. The van der Waals surface area contributed by atoms with Crippen molar-refractivity contribution in [3.05, 3.63) is 18.1 Å². The minimum Gasteiger partial charge on any atom is -0.354 e. The highest BCUT2D eigenvalue weighted by Gasteiger charge is 2.31. The molecule has 20 heavy (non-hydrogen) atoms. The maximum absolute atomic E-state index is 11.5. The van der Waals surface area contributed by atoms with E-state index >= 15 is 0 Å². The van der Waals surface area contributed by atoms with Gasteiger partial charge in [-0.1, -0.05) is 0 Å². The van der Waals surface area contributed by atoms with Crippen LogP contribution in [-0.4, -0.2) is 49.0 Å². The number of rotatable bonds is 5. The number of anilines is 1. The fourth-order valence-corrected chi connectivity index (χ4v) is 4.20. The third kappa shape index (κ3) is 3.27. The number of sulfone groups is 1. The van der Waals surface area contributed by atoms with E-state index in [1.165, 1.54) is 12.8 Å². The molecule has 1 saturated heterocycles. The summed E-state index contributed by atoms with van der Waals surface area (Å²) in [6, 6.07) is 0.674. The van der Waals surface area contributed by atoms with Gasteiger partial charge in [-0.2, -0.15) is 0 Å². The zero-order valence-electron chi connectivity index (χ0n) is 11.6. The van der Waals surface area contributed by atoms with Crippen LogP contribution >= 0.6 is 0 Å². The zero-order valence-corrected chi connectivity index (χ0v) is 12.4. The molecule has 1 unspecified atom stereocenters. The summed E-state index contributed by atoms with van der Waals surface area (Å²) in [5, 5.41) is 3.39. The molecule has 2 heterocycles. The van der Waals surface area contributed by atoms with Gasteiger partial charge in [-0.25, -0.2) is 13.4 Å². The smallest absolute Gasteiger partial charge is 0.152 e. The summed E-state index contributed by atoms with van der Waals surface area (Å²) in [6.07, 6.45) is 6.68. The second-order valence-corrected chi connectivity index (χ2v) is 7.92. The van der Waals surface area contributed by atoms with Gasteiger partial charge in [0, 0.05) is 25.7 Å². The molecule has 1 aliphatic heterocycles. The van der Waals surface area contributed by atoms with E-state index in [2.05, 4.69) is 15.3 Å². The summed E-state index contributed by atoms with van der Waals surface area (Å²) in [5.74, 6) is 1.23. The van der Waals surface area contributed by atoms with E-state index in [-0.39, 0.29) is 17.5 Å². The Hall–Kier alpha value is -1.21. The van der Waals surface area contributed by atoms with Gasteiger partial charge in [0.1, 0.15) is 5.82 Å². The van der Waals surface area contributed by atoms with Crippen molar-refractivity contribution < 1.29 is 8.42 Å². The predicted octanol–water partition coefficient (Wildman–Crippen LogP) is 0.352. The predicted molar refractivity (Wildman–Crippen MR) is 77.4 cm³/mol. The first-order valence-electron chi connectivity index (χ1n) is 7.01. The third-order valence-corrected chi connectivity index (χ3v) is 5.71. The maximum Gasteiger partial charge on any atom is 0.152 e. The molecule has 0 amide bonds. The minimum absolute atomic E-state index is 0.0183. The molecule has 1 saturated carbocycles. The van der Waals surface area contributed by atoms with Gasteiger partial charge >= 0.3 is 0 Å². The first-order valence-corrected chi connectivity index (χ1v) is 8.83. The van der Waals surface area contributed by atoms with Gasteiger partial charge in [-0.05, 0) is 19.3 Å². The first kappa shape index (κ1) is 13.8. The Morgan fingerprint density at radius 3 is 2.65 bits per heavy atom. The molecule has 2 fully saturated rings. The Morgan fingerprint density at radius 1 is 1.30 bits per heavy atom. The second-order valence-electron chi connectivity index (χ2n) is 5.69. The highest BCUT2D eigenvalue weighted by molar-refractivity contribution is 7.91. The van der Waals surface area contributed by atoms with Crippen LogP contribution in [0.4, 0.5) is 5.82 Å². The normalized spacial score (nSPS) is 24.8. The molecule has 6 nitrogen and oxygen atoms in total. The van der Waals surface area contributed by atoms with Crippen LogP contribution < -0.4 is 10.2 Å². The van der Waals surface area contributed by atoms with Crippen molar-refractivity contribution in [3.63, 3.8) is 0 Å². The van der Waals surface area contributed by atoms with E-state index in [9.17, 15) is 8.42 Å². The van der Waals surface area contributed by atoms with Crippen molar-refractivity contribution in [1.82, 2.24) is 15.3 Å². The summed E-state index contributed by atoms with van der Waals surface area (Å²) in [5.41, 5.74) is 0.924. The topological polar surface area (TPSA) is 75.2 Å². The van der Waals surface area contributed by atoms with E-state index in [4.69, 9.17) is 0 Å². The first-order chi connectivity index (χ1) is 9.53. The Balaban J connectivity index is 1.61. The van der Waals surface area contributed by atoms with Crippen LogP contribution in [0.1, 0.15) is 25.0 Å². The number of aromatic nitrogens is 2. The number of nitrogens with one attached hydrogen (secondary N) is 1. The summed E-state index contributed by atoms with van der Waals surface area (Å²) >= 11 is 0. The Kier molecular flexibility index (Phi) is 3.64. The second kappa shape index (κ2) is 5.29. The van der Waals surface area contributed by atoms with Gasteiger partial charge in [0.25, 0.3) is 0 Å². The molecule has 1 aromatic heterocycles. The lowest BCUT2D eigenvalue weighted by molar-refractivity contribution is 0.600. The van der Waals surface area contributed by atoms with Crippen LogP contribution in [0.15, 0.2) is 12.4 Å². The van der Waals surface area contributed by atoms with Gasteiger partial charge in [-0.3, -0.25) is 4.98 Å². The van der Waals surface area contributed by atoms with Gasteiger partial charge in [0.15, 0.2) is 9.84 Å². The summed E-state index contributed by atoms with van der Waals surface area (Å²) in [4.78, 5) is 10.7. The monoisotopic (exact) mass is 296 g/mol. The van der Waals surface area contributed by atoms with Gasteiger partial charge < -0.3 is 10.2 Å². The molecular formula is C13H20N4O2S. The molecule has 1 atom stereocenters. The van der Waals surface area contributed by atoms with E-state index in [0.29, 0.717) is 12.5 Å². The largest absolute Gasteiger partial charge is 0.354 e. The molecule has 0 aromatic carbocycles. The SMILES string of the molecule is CN(c1cnc(CNC2CC2)cn1)C1CCS(=O)(=O)C1. The highest BCUT2D eigenvalue weighted by Crippen LogP contribution is 2.21. The molecule has 0 bridgehead atoms. The Bertz CT molecular complexity index is 569. The quantitative estimate of drug-likeness (QED) is 0.845. The molecule has 2 aliphatic rings. The molecule has 1 aromatic rings. The van der Waals surface area contributed by atoms with Crippen molar-refractivity contribution in [2.75, 3.05) is 23.5 Å². The summed E-state index contributed by atoms with van der Waals surface area (Å²) < 4.78 is 23.0. The van der Waals surface area contributed by atoms with Gasteiger partial charge in [0.05, 0.1) is 29.6 Å². The molecule has 7 heteroatoms. The van der Waals surface area contributed by atoms with Crippen LogP contribution in [0.5, 0.6) is 0 Å². The number of hydrogen-bond acceptors (Lipinski definition) is 6. The van der Waals surface area contributed by atoms with Crippen LogP contribution in [0.2, 0.25) is 0 Å². The summed E-state index contributed by atoms with van der Waals surface area (Å²) in [7, 11) is -0.981. The highest BCUT2D eigenvalue weighted by atomic mass is 32.2. The minimum atomic E-state index is -2.87. The van der Waals surface area contributed by atoms with E-state index in [0.717, 1.165) is 18.1 Å². The molecule has 1 N–H and O–H groups in total. The van der Waals surface area contributed by atoms with E-state index < -0.39 is 9.84 Å². The lowest BCUT2D eigenvalue weighted by Gasteiger charge is -2.24. The molecule has 1 aliphatic carbocycles. The third-order valence-electron chi connectivity index (χ3n) is 3.96. The van der Waals surface area contributed by atoms with Crippen LogP contribution in [0.3, 0.4) is 0 Å². The van der Waals surface area contributed by atoms with E-state index in [1.54, 1.807) is 12.4 Å². The van der Waals surface area contributed by atoms with Crippen molar-refractivity contribution in [3.8, 4) is 0 Å². The van der Waals surface area contributed by atoms with Gasteiger partial charge in [-0.15, -0.1) is 0 Å². The fourth-order valence-electron chi connectivity index (χ4n) is 2.43. The molecular weight excluding hydrogens is 276 g/mol. The van der Waals surface area contributed by atoms with Crippen molar-refractivity contribution in [2.24, 2.45) is 0 Å².